The first-order valence-electron chi connectivity index (χ1n) is 9.52. The molecule has 2 aliphatic rings. The van der Waals surface area contributed by atoms with E-state index in [2.05, 4.69) is 17.0 Å². The lowest BCUT2D eigenvalue weighted by Gasteiger charge is -2.41. The molecule has 2 fully saturated rings. The van der Waals surface area contributed by atoms with Gasteiger partial charge >= 0.3 is 0 Å². The number of nitrogens with zero attached hydrogens (tertiary/aromatic N) is 2. The molecular formula is C21H26N2O3S. The second kappa shape index (κ2) is 7.62. The summed E-state index contributed by atoms with van der Waals surface area (Å²) in [6, 6.07) is 17.6. The number of methoxy groups -OCH3 is 1. The molecule has 1 unspecified atom stereocenters. The van der Waals surface area contributed by atoms with Crippen LogP contribution in [0.4, 0.5) is 0 Å². The van der Waals surface area contributed by atoms with Crippen molar-refractivity contribution in [3.05, 3.63) is 60.2 Å². The highest BCUT2D eigenvalue weighted by Gasteiger charge is 2.41. The fourth-order valence-electron chi connectivity index (χ4n) is 3.96. The van der Waals surface area contributed by atoms with E-state index in [4.69, 9.17) is 4.74 Å². The molecule has 1 saturated carbocycles. The van der Waals surface area contributed by atoms with Gasteiger partial charge in [0.05, 0.1) is 7.11 Å². The maximum absolute atomic E-state index is 13.5. The van der Waals surface area contributed by atoms with Gasteiger partial charge in [-0.2, -0.15) is 4.31 Å². The lowest BCUT2D eigenvalue weighted by Crippen LogP contribution is -2.56. The van der Waals surface area contributed by atoms with Crippen LogP contribution >= 0.6 is 0 Å². The molecule has 0 aromatic heterocycles. The molecule has 0 spiro atoms. The monoisotopic (exact) mass is 386 g/mol. The zero-order valence-corrected chi connectivity index (χ0v) is 16.4. The molecule has 1 aliphatic carbocycles. The highest BCUT2D eigenvalue weighted by atomic mass is 32.2. The first-order valence-corrected chi connectivity index (χ1v) is 11.0. The molecule has 1 saturated heterocycles. The fraction of sp³-hybridized carbons (Fsp3) is 0.429. The molecule has 4 rings (SSSR count). The number of benzene rings is 2. The SMILES string of the molecule is COc1ccccc1S(=O)(=O)N1CCN(C2CC2)CC1Cc1ccccc1. The zero-order chi connectivity index (χ0) is 18.9. The molecule has 2 aromatic rings. The highest BCUT2D eigenvalue weighted by Crippen LogP contribution is 2.33. The van der Waals surface area contributed by atoms with Gasteiger partial charge < -0.3 is 4.74 Å². The van der Waals surface area contributed by atoms with Gasteiger partial charge in [-0.15, -0.1) is 0 Å². The van der Waals surface area contributed by atoms with Crippen molar-refractivity contribution in [3.8, 4) is 5.75 Å². The minimum Gasteiger partial charge on any atom is -0.495 e. The molecule has 6 heteroatoms. The first kappa shape index (κ1) is 18.5. The summed E-state index contributed by atoms with van der Waals surface area (Å²) in [6.45, 7) is 2.10. The number of rotatable bonds is 6. The predicted molar refractivity (Wildman–Crippen MR) is 105 cm³/mol. The van der Waals surface area contributed by atoms with Gasteiger partial charge in [0, 0.05) is 31.7 Å². The van der Waals surface area contributed by atoms with Gasteiger partial charge in [0.2, 0.25) is 10.0 Å². The molecule has 2 aromatic carbocycles. The van der Waals surface area contributed by atoms with Gasteiger partial charge in [0.1, 0.15) is 10.6 Å². The Morgan fingerprint density at radius 1 is 1.00 bits per heavy atom. The molecule has 1 heterocycles. The lowest BCUT2D eigenvalue weighted by atomic mass is 10.0. The smallest absolute Gasteiger partial charge is 0.247 e. The van der Waals surface area contributed by atoms with Crippen LogP contribution in [0, 0.1) is 0 Å². The van der Waals surface area contributed by atoms with Crippen molar-refractivity contribution >= 4 is 10.0 Å². The molecule has 0 radical (unpaired) electrons. The molecule has 1 atom stereocenters. The van der Waals surface area contributed by atoms with Crippen LogP contribution in [-0.2, 0) is 16.4 Å². The maximum atomic E-state index is 13.5. The zero-order valence-electron chi connectivity index (χ0n) is 15.6. The number of hydrogen-bond acceptors (Lipinski definition) is 4. The molecular weight excluding hydrogens is 360 g/mol. The van der Waals surface area contributed by atoms with Gasteiger partial charge in [0.15, 0.2) is 0 Å². The van der Waals surface area contributed by atoms with Crippen molar-refractivity contribution in [2.75, 3.05) is 26.7 Å². The lowest BCUT2D eigenvalue weighted by molar-refractivity contribution is 0.128. The van der Waals surface area contributed by atoms with Crippen molar-refractivity contribution in [2.45, 2.75) is 36.2 Å². The molecule has 0 N–H and O–H groups in total. The number of sulfonamides is 1. The molecule has 144 valence electrons. The molecule has 27 heavy (non-hydrogen) atoms. The van der Waals surface area contributed by atoms with E-state index in [1.54, 1.807) is 28.6 Å². The second-order valence-corrected chi connectivity index (χ2v) is 9.20. The summed E-state index contributed by atoms with van der Waals surface area (Å²) in [4.78, 5) is 2.72. The average Bonchev–Trinajstić information content (AvgIpc) is 3.54. The van der Waals surface area contributed by atoms with Crippen molar-refractivity contribution in [2.24, 2.45) is 0 Å². The van der Waals surface area contributed by atoms with Crippen molar-refractivity contribution in [1.82, 2.24) is 9.21 Å². The first-order chi connectivity index (χ1) is 13.1. The van der Waals surface area contributed by atoms with Crippen LogP contribution < -0.4 is 4.74 Å². The standard InChI is InChI=1S/C21H26N2O3S/c1-26-20-9-5-6-10-21(20)27(24,25)23-14-13-22(18-11-12-18)16-19(23)15-17-7-3-2-4-8-17/h2-10,18-19H,11-16H2,1H3. The summed E-state index contributed by atoms with van der Waals surface area (Å²) in [7, 11) is -2.11. The summed E-state index contributed by atoms with van der Waals surface area (Å²) in [6.07, 6.45) is 3.19. The van der Waals surface area contributed by atoms with Crippen LogP contribution in [0.15, 0.2) is 59.5 Å². The Bertz CT molecular complexity index is 881. The van der Waals surface area contributed by atoms with E-state index in [9.17, 15) is 8.42 Å². The van der Waals surface area contributed by atoms with Crippen LogP contribution in [-0.4, -0.2) is 56.5 Å². The Kier molecular flexibility index (Phi) is 5.21. The molecule has 0 amide bonds. The van der Waals surface area contributed by atoms with Crippen molar-refractivity contribution < 1.29 is 13.2 Å². The van der Waals surface area contributed by atoms with E-state index < -0.39 is 10.0 Å². The van der Waals surface area contributed by atoms with Crippen LogP contribution in [0.2, 0.25) is 0 Å². The van der Waals surface area contributed by atoms with E-state index in [0.29, 0.717) is 18.3 Å². The molecule has 1 aliphatic heterocycles. The number of ether oxygens (including phenoxy) is 1. The van der Waals surface area contributed by atoms with Gasteiger partial charge in [0.25, 0.3) is 0 Å². The van der Waals surface area contributed by atoms with Crippen molar-refractivity contribution in [3.63, 3.8) is 0 Å². The van der Waals surface area contributed by atoms with Crippen LogP contribution in [0.25, 0.3) is 0 Å². The van der Waals surface area contributed by atoms with Gasteiger partial charge in [-0.25, -0.2) is 8.42 Å². The Labute approximate surface area is 161 Å². The summed E-state index contributed by atoms with van der Waals surface area (Å²) in [5.41, 5.74) is 1.17. The van der Waals surface area contributed by atoms with E-state index in [-0.39, 0.29) is 10.9 Å². The second-order valence-electron chi connectivity index (χ2n) is 7.34. The predicted octanol–water partition coefficient (Wildman–Crippen LogP) is 2.78. The normalized spacial score (nSPS) is 21.9. The van der Waals surface area contributed by atoms with E-state index in [1.165, 1.54) is 25.5 Å². The Morgan fingerprint density at radius 2 is 1.70 bits per heavy atom. The van der Waals surface area contributed by atoms with E-state index >= 15 is 0 Å². The number of hydrogen-bond donors (Lipinski definition) is 0. The Morgan fingerprint density at radius 3 is 2.41 bits per heavy atom. The summed E-state index contributed by atoms with van der Waals surface area (Å²) in [5.74, 6) is 0.403. The van der Waals surface area contributed by atoms with Gasteiger partial charge in [-0.05, 0) is 37.0 Å². The number of para-hydroxylation sites is 1. The fourth-order valence-corrected chi connectivity index (χ4v) is 5.73. The van der Waals surface area contributed by atoms with Crippen molar-refractivity contribution in [1.29, 1.82) is 0 Å². The highest BCUT2D eigenvalue weighted by molar-refractivity contribution is 7.89. The topological polar surface area (TPSA) is 49.9 Å². The van der Waals surface area contributed by atoms with Gasteiger partial charge in [-0.1, -0.05) is 42.5 Å². The quantitative estimate of drug-likeness (QED) is 0.766. The Balaban J connectivity index is 1.65. The summed E-state index contributed by atoms with van der Waals surface area (Å²) >= 11 is 0. The van der Waals surface area contributed by atoms with E-state index in [0.717, 1.165) is 19.5 Å². The largest absolute Gasteiger partial charge is 0.495 e. The molecule has 0 bridgehead atoms. The summed E-state index contributed by atoms with van der Waals surface area (Å²) in [5, 5.41) is 0. The summed E-state index contributed by atoms with van der Waals surface area (Å²) < 4.78 is 34.0. The number of piperazine rings is 1. The average molecular weight is 387 g/mol. The van der Waals surface area contributed by atoms with Gasteiger partial charge in [-0.3, -0.25) is 4.90 Å². The Hall–Kier alpha value is -1.89. The third kappa shape index (κ3) is 3.88. The minimum absolute atomic E-state index is 0.0725. The third-order valence-electron chi connectivity index (χ3n) is 5.49. The third-order valence-corrected chi connectivity index (χ3v) is 7.48. The van der Waals surface area contributed by atoms with Crippen LogP contribution in [0.3, 0.4) is 0 Å². The van der Waals surface area contributed by atoms with E-state index in [1.807, 2.05) is 18.2 Å². The van der Waals surface area contributed by atoms with Crippen LogP contribution in [0.1, 0.15) is 18.4 Å². The van der Waals surface area contributed by atoms with Crippen LogP contribution in [0.5, 0.6) is 5.75 Å². The molecule has 5 nitrogen and oxygen atoms in total. The minimum atomic E-state index is -3.62. The maximum Gasteiger partial charge on any atom is 0.247 e.